The highest BCUT2D eigenvalue weighted by molar-refractivity contribution is 6.18. The molecule has 0 aromatic rings. The van der Waals surface area contributed by atoms with Crippen LogP contribution in [0.5, 0.6) is 0 Å². The van der Waals surface area contributed by atoms with Gasteiger partial charge in [0.05, 0.1) is 18.6 Å². The summed E-state index contributed by atoms with van der Waals surface area (Å²) in [6, 6.07) is 0. The first-order chi connectivity index (χ1) is 6.78. The first-order valence-electron chi connectivity index (χ1n) is 5.38. The summed E-state index contributed by atoms with van der Waals surface area (Å²) >= 11 is 5.75. The Kier molecular flexibility index (Phi) is 3.32. The molecular formula is C10H18ClNO2. The van der Waals surface area contributed by atoms with Crippen LogP contribution in [0.15, 0.2) is 0 Å². The van der Waals surface area contributed by atoms with E-state index in [9.17, 15) is 0 Å². The quantitative estimate of drug-likeness (QED) is 0.657. The molecule has 82 valence electrons. The maximum atomic E-state index is 5.85. The van der Waals surface area contributed by atoms with E-state index in [0.717, 1.165) is 32.5 Å². The zero-order valence-corrected chi connectivity index (χ0v) is 9.42. The van der Waals surface area contributed by atoms with Gasteiger partial charge in [0.2, 0.25) is 0 Å². The van der Waals surface area contributed by atoms with Gasteiger partial charge in [0, 0.05) is 25.9 Å². The molecule has 2 fully saturated rings. The van der Waals surface area contributed by atoms with Gasteiger partial charge in [-0.25, -0.2) is 0 Å². The van der Waals surface area contributed by atoms with Gasteiger partial charge in [-0.05, 0) is 6.54 Å². The molecule has 2 heterocycles. The SMILES string of the molecule is CCN1CCC2(CC1)OCC(CCl)O2. The van der Waals surface area contributed by atoms with E-state index in [2.05, 4.69) is 11.8 Å². The Morgan fingerprint density at radius 3 is 2.64 bits per heavy atom. The second-order valence-corrected chi connectivity index (χ2v) is 4.36. The number of nitrogens with zero attached hydrogens (tertiary/aromatic N) is 1. The number of likely N-dealkylation sites (tertiary alicyclic amines) is 1. The van der Waals surface area contributed by atoms with Crippen molar-refractivity contribution in [3.05, 3.63) is 0 Å². The normalized spacial score (nSPS) is 32.6. The summed E-state index contributed by atoms with van der Waals surface area (Å²) in [6.07, 6.45) is 2.06. The molecule has 2 saturated heterocycles. The van der Waals surface area contributed by atoms with Gasteiger partial charge in [-0.15, -0.1) is 11.6 Å². The molecule has 0 aliphatic carbocycles. The molecule has 0 amide bonds. The van der Waals surface area contributed by atoms with Crippen molar-refractivity contribution < 1.29 is 9.47 Å². The fraction of sp³-hybridized carbons (Fsp3) is 1.00. The zero-order chi connectivity index (χ0) is 10.0. The van der Waals surface area contributed by atoms with Crippen molar-refractivity contribution in [2.24, 2.45) is 0 Å². The van der Waals surface area contributed by atoms with Crippen LogP contribution >= 0.6 is 11.6 Å². The van der Waals surface area contributed by atoms with E-state index in [1.54, 1.807) is 0 Å². The van der Waals surface area contributed by atoms with Crippen LogP contribution in [0.3, 0.4) is 0 Å². The van der Waals surface area contributed by atoms with E-state index in [1.807, 2.05) is 0 Å². The van der Waals surface area contributed by atoms with Gasteiger partial charge in [0.1, 0.15) is 0 Å². The topological polar surface area (TPSA) is 21.7 Å². The molecule has 0 aromatic carbocycles. The molecule has 4 heteroatoms. The third-order valence-electron chi connectivity index (χ3n) is 3.15. The molecule has 0 aromatic heterocycles. The lowest BCUT2D eigenvalue weighted by Crippen LogP contribution is -2.45. The smallest absolute Gasteiger partial charge is 0.171 e. The number of halogens is 1. The lowest BCUT2D eigenvalue weighted by Gasteiger charge is -2.37. The monoisotopic (exact) mass is 219 g/mol. The van der Waals surface area contributed by atoms with Crippen molar-refractivity contribution in [3.8, 4) is 0 Å². The predicted octanol–water partition coefficient (Wildman–Crippen LogP) is 1.45. The summed E-state index contributed by atoms with van der Waals surface area (Å²) in [6.45, 7) is 6.12. The Morgan fingerprint density at radius 1 is 1.43 bits per heavy atom. The number of rotatable bonds is 2. The van der Waals surface area contributed by atoms with Crippen LogP contribution in [0.4, 0.5) is 0 Å². The molecule has 0 N–H and O–H groups in total. The third kappa shape index (κ3) is 2.06. The highest BCUT2D eigenvalue weighted by atomic mass is 35.5. The van der Waals surface area contributed by atoms with Gasteiger partial charge >= 0.3 is 0 Å². The van der Waals surface area contributed by atoms with Gasteiger partial charge in [0.15, 0.2) is 5.79 Å². The Balaban J connectivity index is 1.87. The molecule has 1 unspecified atom stereocenters. The van der Waals surface area contributed by atoms with Crippen LogP contribution in [0, 0.1) is 0 Å². The fourth-order valence-electron chi connectivity index (χ4n) is 2.16. The van der Waals surface area contributed by atoms with Crippen molar-refractivity contribution in [1.82, 2.24) is 4.90 Å². The van der Waals surface area contributed by atoms with Crippen molar-refractivity contribution in [1.29, 1.82) is 0 Å². The number of ether oxygens (including phenoxy) is 2. The van der Waals surface area contributed by atoms with Gasteiger partial charge in [-0.2, -0.15) is 0 Å². The van der Waals surface area contributed by atoms with E-state index in [-0.39, 0.29) is 11.9 Å². The minimum atomic E-state index is -0.300. The van der Waals surface area contributed by atoms with Gasteiger partial charge < -0.3 is 14.4 Å². The summed E-state index contributed by atoms with van der Waals surface area (Å²) in [4.78, 5) is 2.42. The molecule has 2 aliphatic heterocycles. The van der Waals surface area contributed by atoms with Crippen molar-refractivity contribution in [2.45, 2.75) is 31.7 Å². The molecule has 1 atom stereocenters. The average Bonchev–Trinajstić information content (AvgIpc) is 2.63. The Labute approximate surface area is 90.3 Å². The second kappa shape index (κ2) is 4.35. The molecule has 14 heavy (non-hydrogen) atoms. The van der Waals surface area contributed by atoms with Crippen LogP contribution in [-0.4, -0.2) is 48.9 Å². The lowest BCUT2D eigenvalue weighted by atomic mass is 10.0. The average molecular weight is 220 g/mol. The lowest BCUT2D eigenvalue weighted by molar-refractivity contribution is -0.192. The Morgan fingerprint density at radius 2 is 2.14 bits per heavy atom. The van der Waals surface area contributed by atoms with Crippen LogP contribution in [-0.2, 0) is 9.47 Å². The largest absolute Gasteiger partial charge is 0.347 e. The highest BCUT2D eigenvalue weighted by Crippen LogP contribution is 2.34. The van der Waals surface area contributed by atoms with Crippen molar-refractivity contribution in [2.75, 3.05) is 32.1 Å². The van der Waals surface area contributed by atoms with Crippen molar-refractivity contribution >= 4 is 11.6 Å². The zero-order valence-electron chi connectivity index (χ0n) is 8.67. The first-order valence-corrected chi connectivity index (χ1v) is 5.91. The number of piperidine rings is 1. The van der Waals surface area contributed by atoms with E-state index in [1.165, 1.54) is 0 Å². The van der Waals surface area contributed by atoms with E-state index >= 15 is 0 Å². The summed E-state index contributed by atoms with van der Waals surface area (Å²) in [5.74, 6) is 0.241. The van der Waals surface area contributed by atoms with Crippen LogP contribution < -0.4 is 0 Å². The molecule has 2 rings (SSSR count). The number of hydrogen-bond acceptors (Lipinski definition) is 3. The minimum absolute atomic E-state index is 0.102. The summed E-state index contributed by atoms with van der Waals surface area (Å²) < 4.78 is 11.6. The fourth-order valence-corrected chi connectivity index (χ4v) is 2.32. The Bertz CT molecular complexity index is 193. The summed E-state index contributed by atoms with van der Waals surface area (Å²) in [7, 11) is 0. The second-order valence-electron chi connectivity index (χ2n) is 4.05. The molecule has 0 bridgehead atoms. The third-order valence-corrected chi connectivity index (χ3v) is 3.50. The molecule has 1 spiro atoms. The molecule has 2 aliphatic rings. The molecular weight excluding hydrogens is 202 g/mol. The van der Waals surface area contributed by atoms with E-state index < -0.39 is 0 Å². The highest BCUT2D eigenvalue weighted by Gasteiger charge is 2.43. The van der Waals surface area contributed by atoms with Crippen LogP contribution in [0.2, 0.25) is 0 Å². The summed E-state index contributed by atoms with van der Waals surface area (Å²) in [5.41, 5.74) is 0. The van der Waals surface area contributed by atoms with Gasteiger partial charge in [0.25, 0.3) is 0 Å². The Hall–Kier alpha value is 0.170. The predicted molar refractivity (Wildman–Crippen MR) is 55.6 cm³/mol. The minimum Gasteiger partial charge on any atom is -0.347 e. The summed E-state index contributed by atoms with van der Waals surface area (Å²) in [5, 5.41) is 0. The molecule has 0 radical (unpaired) electrons. The van der Waals surface area contributed by atoms with E-state index in [4.69, 9.17) is 21.1 Å². The van der Waals surface area contributed by atoms with E-state index in [0.29, 0.717) is 12.5 Å². The maximum Gasteiger partial charge on any atom is 0.171 e. The standard InChI is InChI=1S/C10H18ClNO2/c1-2-12-5-3-10(4-6-12)13-8-9(7-11)14-10/h9H,2-8H2,1H3. The van der Waals surface area contributed by atoms with Crippen LogP contribution in [0.25, 0.3) is 0 Å². The van der Waals surface area contributed by atoms with Crippen LogP contribution in [0.1, 0.15) is 19.8 Å². The van der Waals surface area contributed by atoms with Gasteiger partial charge in [-0.3, -0.25) is 0 Å². The molecule has 3 nitrogen and oxygen atoms in total. The number of alkyl halides is 1. The maximum absolute atomic E-state index is 5.85. The van der Waals surface area contributed by atoms with Gasteiger partial charge in [-0.1, -0.05) is 6.92 Å². The number of hydrogen-bond donors (Lipinski definition) is 0. The first kappa shape index (κ1) is 10.7. The van der Waals surface area contributed by atoms with Crippen molar-refractivity contribution in [3.63, 3.8) is 0 Å². The molecule has 0 saturated carbocycles.